The van der Waals surface area contributed by atoms with Gasteiger partial charge in [-0.05, 0) is 25.0 Å². The molecule has 1 fully saturated rings. The van der Waals surface area contributed by atoms with Crippen LogP contribution in [0.15, 0.2) is 36.9 Å². The largest absolute Gasteiger partial charge is 0.324 e. The number of carbonyl (C=O) groups is 1. The predicted octanol–water partition coefficient (Wildman–Crippen LogP) is 2.37. The Morgan fingerprint density at radius 2 is 2.00 bits per heavy atom. The van der Waals surface area contributed by atoms with Crippen molar-refractivity contribution < 1.29 is 4.79 Å². The van der Waals surface area contributed by atoms with E-state index in [0.717, 1.165) is 40.7 Å². The van der Waals surface area contributed by atoms with Gasteiger partial charge in [-0.25, -0.2) is 4.98 Å². The molecule has 3 aromatic heterocycles. The van der Waals surface area contributed by atoms with Gasteiger partial charge in [0.25, 0.3) is 0 Å². The predicted molar refractivity (Wildman–Crippen MR) is 78.5 cm³/mol. The summed E-state index contributed by atoms with van der Waals surface area (Å²) in [5.74, 6) is 0.259. The number of carbonyl (C=O) groups excluding carboxylic acids is 1. The summed E-state index contributed by atoms with van der Waals surface area (Å²) in [7, 11) is 0. The lowest BCUT2D eigenvalue weighted by atomic mass is 10.1. The van der Waals surface area contributed by atoms with Gasteiger partial charge in [0.2, 0.25) is 5.91 Å². The molecule has 0 atom stereocenters. The first kappa shape index (κ1) is 12.0. The summed E-state index contributed by atoms with van der Waals surface area (Å²) < 4.78 is 0. The zero-order valence-electron chi connectivity index (χ0n) is 11.2. The topological polar surface area (TPSA) is 83.6 Å². The van der Waals surface area contributed by atoms with Gasteiger partial charge in [-0.2, -0.15) is 5.10 Å². The summed E-state index contributed by atoms with van der Waals surface area (Å²) >= 11 is 0. The van der Waals surface area contributed by atoms with Gasteiger partial charge in [0.1, 0.15) is 0 Å². The number of nitrogens with zero attached hydrogens (tertiary/aromatic N) is 3. The molecule has 2 N–H and O–H groups in total. The summed E-state index contributed by atoms with van der Waals surface area (Å²) in [6.45, 7) is 0. The van der Waals surface area contributed by atoms with Crippen molar-refractivity contribution in [2.75, 3.05) is 5.32 Å². The standard InChI is InChI=1S/C15H13N5O/c21-15(9-1-2-9)19-13-4-11(5-16-8-13)10-3-12-7-18-20-14(12)17-6-10/h3-9H,1-2H2,(H,19,21)(H,17,18,20). The van der Waals surface area contributed by atoms with E-state index in [1.807, 2.05) is 12.1 Å². The van der Waals surface area contributed by atoms with Crippen LogP contribution in [0.2, 0.25) is 0 Å². The van der Waals surface area contributed by atoms with Gasteiger partial charge in [-0.1, -0.05) is 0 Å². The molecule has 0 spiro atoms. The number of fused-ring (bicyclic) bond motifs is 1. The fourth-order valence-corrected chi connectivity index (χ4v) is 2.25. The van der Waals surface area contributed by atoms with Crippen molar-refractivity contribution in [3.63, 3.8) is 0 Å². The molecule has 4 rings (SSSR count). The van der Waals surface area contributed by atoms with Gasteiger partial charge in [-0.15, -0.1) is 0 Å². The molecule has 1 aliphatic rings. The van der Waals surface area contributed by atoms with Crippen LogP contribution in [-0.2, 0) is 4.79 Å². The van der Waals surface area contributed by atoms with Crippen LogP contribution in [0.3, 0.4) is 0 Å². The van der Waals surface area contributed by atoms with Gasteiger partial charge in [-0.3, -0.25) is 14.9 Å². The Balaban J connectivity index is 1.65. The zero-order chi connectivity index (χ0) is 14.2. The molecule has 0 aliphatic heterocycles. The molecule has 21 heavy (non-hydrogen) atoms. The fourth-order valence-electron chi connectivity index (χ4n) is 2.25. The first-order chi connectivity index (χ1) is 10.3. The molecule has 104 valence electrons. The maximum Gasteiger partial charge on any atom is 0.227 e. The van der Waals surface area contributed by atoms with Crippen LogP contribution in [-0.4, -0.2) is 26.1 Å². The molecule has 0 bridgehead atoms. The van der Waals surface area contributed by atoms with E-state index < -0.39 is 0 Å². The summed E-state index contributed by atoms with van der Waals surface area (Å²) in [5, 5.41) is 10.6. The second kappa shape index (κ2) is 4.66. The van der Waals surface area contributed by atoms with Crippen LogP contribution in [0, 0.1) is 5.92 Å². The maximum absolute atomic E-state index is 11.8. The Labute approximate surface area is 120 Å². The second-order valence-corrected chi connectivity index (χ2v) is 5.26. The Morgan fingerprint density at radius 3 is 2.86 bits per heavy atom. The monoisotopic (exact) mass is 279 g/mol. The van der Waals surface area contributed by atoms with Crippen LogP contribution in [0.1, 0.15) is 12.8 Å². The van der Waals surface area contributed by atoms with E-state index >= 15 is 0 Å². The molecule has 1 aliphatic carbocycles. The number of hydrogen-bond acceptors (Lipinski definition) is 4. The minimum atomic E-state index is 0.0809. The van der Waals surface area contributed by atoms with Crippen LogP contribution < -0.4 is 5.32 Å². The van der Waals surface area contributed by atoms with Gasteiger partial charge in [0.05, 0.1) is 18.1 Å². The zero-order valence-corrected chi connectivity index (χ0v) is 11.2. The van der Waals surface area contributed by atoms with E-state index in [0.29, 0.717) is 0 Å². The van der Waals surface area contributed by atoms with Gasteiger partial charge < -0.3 is 5.32 Å². The lowest BCUT2D eigenvalue weighted by Gasteiger charge is -2.06. The summed E-state index contributed by atoms with van der Waals surface area (Å²) in [5.41, 5.74) is 3.33. The molecule has 3 aromatic rings. The fraction of sp³-hybridized carbons (Fsp3) is 0.200. The van der Waals surface area contributed by atoms with Crippen molar-refractivity contribution in [2.45, 2.75) is 12.8 Å². The third-order valence-corrected chi connectivity index (χ3v) is 3.58. The number of aromatic amines is 1. The summed E-state index contributed by atoms with van der Waals surface area (Å²) in [6, 6.07) is 3.91. The first-order valence-corrected chi connectivity index (χ1v) is 6.85. The van der Waals surface area contributed by atoms with E-state index in [1.54, 1.807) is 24.8 Å². The molecule has 0 radical (unpaired) electrons. The Bertz CT molecular complexity index is 822. The van der Waals surface area contributed by atoms with Crippen LogP contribution in [0.25, 0.3) is 22.2 Å². The molecule has 1 saturated carbocycles. The number of aromatic nitrogens is 4. The third kappa shape index (κ3) is 2.35. The highest BCUT2D eigenvalue weighted by Crippen LogP contribution is 2.30. The molecule has 1 amide bonds. The van der Waals surface area contributed by atoms with E-state index in [2.05, 4.69) is 25.5 Å². The highest BCUT2D eigenvalue weighted by atomic mass is 16.2. The van der Waals surface area contributed by atoms with Crippen molar-refractivity contribution >= 4 is 22.6 Å². The summed E-state index contributed by atoms with van der Waals surface area (Å²) in [6.07, 6.45) is 8.89. The van der Waals surface area contributed by atoms with Crippen molar-refractivity contribution in [1.82, 2.24) is 20.2 Å². The minimum absolute atomic E-state index is 0.0809. The van der Waals surface area contributed by atoms with Gasteiger partial charge in [0.15, 0.2) is 5.65 Å². The number of anilines is 1. The maximum atomic E-state index is 11.8. The number of pyridine rings is 2. The number of nitrogens with one attached hydrogen (secondary N) is 2. The summed E-state index contributed by atoms with van der Waals surface area (Å²) in [4.78, 5) is 20.3. The van der Waals surface area contributed by atoms with Crippen molar-refractivity contribution in [2.24, 2.45) is 5.92 Å². The lowest BCUT2D eigenvalue weighted by Crippen LogP contribution is -2.13. The molecule has 0 aromatic carbocycles. The molecule has 0 saturated heterocycles. The third-order valence-electron chi connectivity index (χ3n) is 3.58. The highest BCUT2D eigenvalue weighted by molar-refractivity contribution is 5.94. The number of rotatable bonds is 3. The molecule has 6 heteroatoms. The van der Waals surface area contributed by atoms with E-state index in [-0.39, 0.29) is 11.8 Å². The number of amides is 1. The molecule has 3 heterocycles. The SMILES string of the molecule is O=C(Nc1cncc(-c2cnc3[nH]ncc3c2)c1)C1CC1. The minimum Gasteiger partial charge on any atom is -0.324 e. The van der Waals surface area contributed by atoms with E-state index in [1.165, 1.54) is 0 Å². The average Bonchev–Trinajstić information content (AvgIpc) is 3.25. The molecular weight excluding hydrogens is 266 g/mol. The van der Waals surface area contributed by atoms with E-state index in [9.17, 15) is 4.79 Å². The first-order valence-electron chi connectivity index (χ1n) is 6.85. The highest BCUT2D eigenvalue weighted by Gasteiger charge is 2.29. The van der Waals surface area contributed by atoms with Crippen molar-refractivity contribution in [3.8, 4) is 11.1 Å². The van der Waals surface area contributed by atoms with Gasteiger partial charge >= 0.3 is 0 Å². The second-order valence-electron chi connectivity index (χ2n) is 5.26. The quantitative estimate of drug-likeness (QED) is 0.771. The normalized spacial score (nSPS) is 14.3. The number of hydrogen-bond donors (Lipinski definition) is 2. The Morgan fingerprint density at radius 1 is 1.14 bits per heavy atom. The molecule has 0 unspecified atom stereocenters. The van der Waals surface area contributed by atoms with Crippen molar-refractivity contribution in [1.29, 1.82) is 0 Å². The molecule has 6 nitrogen and oxygen atoms in total. The number of H-pyrrole nitrogens is 1. The van der Waals surface area contributed by atoms with Gasteiger partial charge in [0, 0.05) is 34.8 Å². The lowest BCUT2D eigenvalue weighted by molar-refractivity contribution is -0.117. The smallest absolute Gasteiger partial charge is 0.227 e. The molecular formula is C15H13N5O. The average molecular weight is 279 g/mol. The van der Waals surface area contributed by atoms with Crippen molar-refractivity contribution in [3.05, 3.63) is 36.9 Å². The Hall–Kier alpha value is -2.76. The van der Waals surface area contributed by atoms with Crippen LogP contribution in [0.4, 0.5) is 5.69 Å². The van der Waals surface area contributed by atoms with Crippen LogP contribution >= 0.6 is 0 Å². The van der Waals surface area contributed by atoms with Crippen LogP contribution in [0.5, 0.6) is 0 Å². The van der Waals surface area contributed by atoms with E-state index in [4.69, 9.17) is 0 Å². The Kier molecular flexibility index (Phi) is 2.67.